The number of benzene rings is 12. The Hall–Kier alpha value is -10.1. The molecule has 39 rings (SSSR count). The summed E-state index contributed by atoms with van der Waals surface area (Å²) in [6.07, 6.45) is 52.5. The summed E-state index contributed by atoms with van der Waals surface area (Å²) in [4.78, 5) is 7.58. The maximum atomic E-state index is 6.40. The third-order valence-electron chi connectivity index (χ3n) is 42.5. The molecule has 24 fully saturated rings. The van der Waals surface area contributed by atoms with Crippen LogP contribution in [0.5, 0.6) is 0 Å². The van der Waals surface area contributed by atoms with Crippen LogP contribution in [0, 0.1) is 107 Å². The van der Waals surface area contributed by atoms with Gasteiger partial charge in [0, 0.05) is 71.4 Å². The molecule has 24 bridgehead atoms. The van der Waals surface area contributed by atoms with Crippen LogP contribution in [0.25, 0.3) is 64.0 Å². The molecule has 696 valence electrons. The first-order valence-corrected chi connectivity index (χ1v) is 56.3. The van der Waals surface area contributed by atoms with Gasteiger partial charge in [0.25, 0.3) is 0 Å². The number of fused-ring (bicyclic) bond motifs is 9. The molecule has 0 aliphatic heterocycles. The van der Waals surface area contributed by atoms with Crippen LogP contribution in [-0.4, -0.2) is 0 Å². The average Bonchev–Trinajstić information content (AvgIpc) is 0.833. The molecule has 3 aromatic heterocycles. The first kappa shape index (κ1) is 82.6. The average molecular weight is 1830 g/mol. The van der Waals surface area contributed by atoms with Crippen molar-refractivity contribution in [3.8, 4) is 0 Å². The van der Waals surface area contributed by atoms with Gasteiger partial charge in [0.2, 0.25) is 0 Å². The van der Waals surface area contributed by atoms with Crippen molar-refractivity contribution in [3.63, 3.8) is 0 Å². The summed E-state index contributed by atoms with van der Waals surface area (Å²) in [6.45, 7) is 0. The van der Waals surface area contributed by atoms with E-state index < -0.39 is 0 Å². The number of hydrogen-bond acceptors (Lipinski definition) is 6. The predicted octanol–water partition coefficient (Wildman–Crippen LogP) is 36.4. The minimum atomic E-state index is 0.415. The van der Waals surface area contributed by atoms with E-state index >= 15 is 0 Å². The van der Waals surface area contributed by atoms with E-state index in [0.29, 0.717) is 32.5 Å². The van der Waals surface area contributed by atoms with Gasteiger partial charge < -0.3 is 23.5 Å². The van der Waals surface area contributed by atoms with Gasteiger partial charge in [0.1, 0.15) is 22.3 Å². The van der Waals surface area contributed by atoms with E-state index in [9.17, 15) is 0 Å². The van der Waals surface area contributed by atoms with E-state index in [4.69, 9.17) is 8.83 Å². The quantitative estimate of drug-likeness (QED) is 0.102. The van der Waals surface area contributed by atoms with Crippen molar-refractivity contribution in [1.29, 1.82) is 0 Å². The highest BCUT2D eigenvalue weighted by Gasteiger charge is 2.58. The third kappa shape index (κ3) is 13.5. The van der Waals surface area contributed by atoms with E-state index in [2.05, 4.69) is 288 Å². The van der Waals surface area contributed by atoms with E-state index in [1.165, 1.54) is 324 Å². The van der Waals surface area contributed by atoms with Crippen LogP contribution in [-0.2, 0) is 32.5 Å². The summed E-state index contributed by atoms with van der Waals surface area (Å²) in [5, 5.41) is 7.51. The monoisotopic (exact) mass is 1830 g/mol. The fourth-order valence-electron chi connectivity index (χ4n) is 39.6. The summed E-state index contributed by atoms with van der Waals surface area (Å²) in [5.74, 6) is 17.4. The molecule has 24 aliphatic rings. The van der Waals surface area contributed by atoms with Gasteiger partial charge in [-0.1, -0.05) is 146 Å². The Morgan fingerprint density at radius 2 is 0.428 bits per heavy atom. The minimum absolute atomic E-state index is 0.415. The van der Waals surface area contributed by atoms with Crippen LogP contribution >= 0.6 is 11.3 Å². The molecule has 12 aromatic carbocycles. The van der Waals surface area contributed by atoms with Gasteiger partial charge in [-0.25, -0.2) is 0 Å². The second-order valence-electron chi connectivity index (χ2n) is 51.3. The normalized spacial score (nSPS) is 35.4. The predicted molar refractivity (Wildman–Crippen MR) is 570 cm³/mol. The van der Waals surface area contributed by atoms with Crippen molar-refractivity contribution in [3.05, 3.63) is 306 Å². The van der Waals surface area contributed by atoms with Crippen molar-refractivity contribution < 1.29 is 8.83 Å². The van der Waals surface area contributed by atoms with Crippen molar-refractivity contribution in [2.75, 3.05) is 14.7 Å². The Morgan fingerprint density at radius 1 is 0.188 bits per heavy atom. The molecule has 3 heterocycles. The van der Waals surface area contributed by atoms with Crippen molar-refractivity contribution in [2.24, 2.45) is 107 Å². The molecule has 0 atom stereocenters. The summed E-state index contributed by atoms with van der Waals surface area (Å²) in [5.41, 5.74) is 27.3. The Labute approximate surface area is 820 Å². The molecule has 24 aliphatic carbocycles. The van der Waals surface area contributed by atoms with Crippen molar-refractivity contribution in [1.82, 2.24) is 0 Å². The Morgan fingerprint density at radius 3 is 0.768 bits per heavy atom. The Kier molecular flexibility index (Phi) is 18.7. The third-order valence-corrected chi connectivity index (χ3v) is 43.7. The largest absolute Gasteiger partial charge is 0.456 e. The molecule has 0 saturated heterocycles. The molecule has 0 amide bonds. The number of hydrogen-bond donors (Lipinski definition) is 0. The highest BCUT2D eigenvalue weighted by Crippen LogP contribution is 2.69. The van der Waals surface area contributed by atoms with E-state index in [1.807, 2.05) is 11.3 Å². The van der Waals surface area contributed by atoms with Crippen molar-refractivity contribution in [2.45, 2.75) is 264 Å². The number of furan rings is 2. The van der Waals surface area contributed by atoms with Crippen LogP contribution in [0.1, 0.15) is 265 Å². The lowest BCUT2D eigenvalue weighted by Gasteiger charge is -2.57. The minimum Gasteiger partial charge on any atom is -0.456 e. The van der Waals surface area contributed by atoms with Crippen LogP contribution in [0.3, 0.4) is 0 Å². The number of rotatable bonds is 15. The van der Waals surface area contributed by atoms with Gasteiger partial charge in [-0.15, -0.1) is 11.3 Å². The SMILES string of the molecule is c1ccc2c(c1)oc1ccc(N(c3ccc(C45CC6CC(CC(C6)C4)C5)cc3)c3ccc(C45CC6CC(CC(C6)C4)C5)cc3)cc12.c1ccc2c(c1)oc1cccc(N(c3ccc(C45CC6CC(CC(C6)C4)C5)cc3)c3ccc(C45CC6CC(CC(C6)C4)C5)cc3)c12.c1ccc2c(c1)sc1c(N(c3ccc(C45CC6CC(CC(C6)C4)C5)cc3)c3ccc(C45CC6CC(CC(C6)C4)C5)cc3)cccc12. The van der Waals surface area contributed by atoms with Crippen molar-refractivity contribution >= 4 is 127 Å². The zero-order valence-corrected chi connectivity index (χ0v) is 81.7. The lowest BCUT2D eigenvalue weighted by atomic mass is 9.48. The summed E-state index contributed by atoms with van der Waals surface area (Å²) >= 11 is 1.95. The summed E-state index contributed by atoms with van der Waals surface area (Å²) in [7, 11) is 0. The molecule has 0 N–H and O–H groups in total. The highest BCUT2D eigenvalue weighted by atomic mass is 32.1. The first-order chi connectivity index (χ1) is 67.8. The maximum absolute atomic E-state index is 6.40. The number of thiophene rings is 1. The maximum Gasteiger partial charge on any atom is 0.137 e. The summed E-state index contributed by atoms with van der Waals surface area (Å²) < 4.78 is 15.4. The van der Waals surface area contributed by atoms with E-state index in [1.54, 1.807) is 33.4 Å². The molecule has 6 heteroatoms. The second kappa shape index (κ2) is 31.2. The Balaban J connectivity index is 0.0000000959. The molecule has 0 radical (unpaired) electrons. The fraction of sp³-hybridized carbons (Fsp3) is 0.455. The smallest absolute Gasteiger partial charge is 0.137 e. The molecule has 0 unspecified atom stereocenters. The molecular formula is C132H135N3O2S. The molecule has 0 spiro atoms. The van der Waals surface area contributed by atoms with Crippen LogP contribution < -0.4 is 14.7 Å². The topological polar surface area (TPSA) is 36.0 Å². The summed E-state index contributed by atoms with van der Waals surface area (Å²) in [6, 6.07) is 106. The molecule has 5 nitrogen and oxygen atoms in total. The first-order valence-electron chi connectivity index (χ1n) is 55.5. The molecular weight excluding hydrogens is 1690 g/mol. The lowest BCUT2D eigenvalue weighted by molar-refractivity contribution is -0.00531. The number of nitrogens with zero attached hydrogens (tertiary/aromatic N) is 3. The Bertz CT molecular complexity index is 6770. The van der Waals surface area contributed by atoms with Gasteiger partial charge in [-0.3, -0.25) is 0 Å². The molecule has 15 aromatic rings. The fourth-order valence-corrected chi connectivity index (χ4v) is 40.8. The second-order valence-corrected chi connectivity index (χ2v) is 52.3. The lowest BCUT2D eigenvalue weighted by Crippen LogP contribution is -2.48. The highest BCUT2D eigenvalue weighted by molar-refractivity contribution is 7.26. The zero-order chi connectivity index (χ0) is 90.1. The van der Waals surface area contributed by atoms with Crippen LogP contribution in [0.15, 0.2) is 282 Å². The van der Waals surface area contributed by atoms with E-state index in [-0.39, 0.29) is 0 Å². The zero-order valence-electron chi connectivity index (χ0n) is 80.9. The van der Waals surface area contributed by atoms with E-state index in [0.717, 1.165) is 129 Å². The number of para-hydroxylation sites is 2. The van der Waals surface area contributed by atoms with Gasteiger partial charge in [0.15, 0.2) is 0 Å². The van der Waals surface area contributed by atoms with Gasteiger partial charge in [-0.2, -0.15) is 0 Å². The number of anilines is 9. The molecule has 138 heavy (non-hydrogen) atoms. The molecule has 24 saturated carbocycles. The van der Waals surface area contributed by atoms with Gasteiger partial charge in [0.05, 0.1) is 21.5 Å². The van der Waals surface area contributed by atoms with Gasteiger partial charge >= 0.3 is 0 Å². The van der Waals surface area contributed by atoms with Crippen LogP contribution in [0.2, 0.25) is 0 Å². The van der Waals surface area contributed by atoms with Crippen LogP contribution in [0.4, 0.5) is 51.2 Å². The standard InChI is InChI=1S/2C44H45NO.C44H45NS/c1-2-6-40-38(4-1)42-39(5-3-7-41(42)46-40)45(36-12-8-34(9-13-36)43-22-28-16-29(23-43)18-30(17-28)24-43)37-14-10-35(11-15-37)44-25-31-19-32(26-44)21-33(20-31)27-44;1-2-4-41-39(3-1)40-21-38(13-14-42(40)46-41)45(36-9-5-34(6-10-36)43-22-28-15-29(23-43)17-30(16-28)24-43)37-11-7-35(8-12-37)44-25-31-18-32(26-44)20-33(19-31)27-44;1-2-7-41-38(4-1)39-5-3-6-40(42(39)46-41)45(36-12-8-34(9-13-36)43-22-28-16-29(23-43)18-30(17-28)24-43)37-14-10-35(11-15-37)44-25-31-19-32(26-44)21-33(20-31)27-44/h1-15,28-33H,16-27H2;1-14,21,28-33H,15-20,22-27H2;1-15,28-33H,16-27H2. The van der Waals surface area contributed by atoms with Gasteiger partial charge in [-0.05, 0) is 531 Å².